The summed E-state index contributed by atoms with van der Waals surface area (Å²) in [6, 6.07) is 12.9. The van der Waals surface area contributed by atoms with Gasteiger partial charge in [-0.15, -0.1) is 0 Å². The molecule has 0 amide bonds. The first-order chi connectivity index (χ1) is 9.63. The number of hydrogen-bond donors (Lipinski definition) is 1. The smallest absolute Gasteiger partial charge is 0.159 e. The normalized spacial score (nSPS) is 12.8. The van der Waals surface area contributed by atoms with Crippen molar-refractivity contribution >= 4 is 11.0 Å². The lowest BCUT2D eigenvalue weighted by molar-refractivity contribution is 0.488. The molecule has 0 spiro atoms. The summed E-state index contributed by atoms with van der Waals surface area (Å²) < 4.78 is 31.7. The Hall–Kier alpha value is -2.20. The topological polar surface area (TPSA) is 39.2 Å². The molecule has 102 valence electrons. The molecule has 0 aliphatic rings. The second-order valence-electron chi connectivity index (χ2n) is 4.75. The lowest BCUT2D eigenvalue weighted by atomic mass is 10.0. The van der Waals surface area contributed by atoms with Gasteiger partial charge in [-0.1, -0.05) is 24.3 Å². The van der Waals surface area contributed by atoms with Crippen LogP contribution in [0.4, 0.5) is 8.78 Å². The van der Waals surface area contributed by atoms with Gasteiger partial charge in [0.05, 0.1) is 6.04 Å². The molecule has 20 heavy (non-hydrogen) atoms. The Labute approximate surface area is 114 Å². The maximum atomic E-state index is 13.2. The summed E-state index contributed by atoms with van der Waals surface area (Å²) in [7, 11) is 0. The van der Waals surface area contributed by atoms with Gasteiger partial charge in [-0.3, -0.25) is 0 Å². The molecule has 2 N–H and O–H groups in total. The Morgan fingerprint density at radius 2 is 1.80 bits per heavy atom. The largest absolute Gasteiger partial charge is 0.459 e. The van der Waals surface area contributed by atoms with E-state index in [1.54, 1.807) is 0 Å². The van der Waals surface area contributed by atoms with Crippen LogP contribution < -0.4 is 5.73 Å². The van der Waals surface area contributed by atoms with Gasteiger partial charge in [-0.25, -0.2) is 8.78 Å². The molecule has 1 unspecified atom stereocenters. The molecule has 1 heterocycles. The van der Waals surface area contributed by atoms with E-state index in [1.165, 1.54) is 6.07 Å². The molecule has 3 rings (SSSR count). The SMILES string of the molecule is NC(Cc1ccc(F)c(F)c1)c1cc2ccccc2o1. The molecule has 1 aromatic heterocycles. The second-order valence-corrected chi connectivity index (χ2v) is 4.75. The van der Waals surface area contributed by atoms with E-state index in [4.69, 9.17) is 10.2 Å². The summed E-state index contributed by atoms with van der Waals surface area (Å²) in [5, 5.41) is 0.975. The highest BCUT2D eigenvalue weighted by Gasteiger charge is 2.13. The van der Waals surface area contributed by atoms with E-state index in [1.807, 2.05) is 30.3 Å². The van der Waals surface area contributed by atoms with Gasteiger partial charge in [0, 0.05) is 5.39 Å². The fourth-order valence-electron chi connectivity index (χ4n) is 2.21. The van der Waals surface area contributed by atoms with Gasteiger partial charge in [0.1, 0.15) is 11.3 Å². The zero-order valence-corrected chi connectivity index (χ0v) is 10.6. The third kappa shape index (κ3) is 2.42. The maximum Gasteiger partial charge on any atom is 0.159 e. The highest BCUT2D eigenvalue weighted by Crippen LogP contribution is 2.25. The Morgan fingerprint density at radius 3 is 2.55 bits per heavy atom. The Morgan fingerprint density at radius 1 is 1.00 bits per heavy atom. The third-order valence-corrected chi connectivity index (χ3v) is 3.25. The van der Waals surface area contributed by atoms with Gasteiger partial charge in [0.2, 0.25) is 0 Å². The molecule has 1 atom stereocenters. The molecule has 0 aliphatic heterocycles. The van der Waals surface area contributed by atoms with Crippen molar-refractivity contribution in [2.45, 2.75) is 12.5 Å². The molecule has 0 aliphatic carbocycles. The van der Waals surface area contributed by atoms with Crippen LogP contribution in [0.1, 0.15) is 17.4 Å². The van der Waals surface area contributed by atoms with Crippen molar-refractivity contribution in [1.29, 1.82) is 0 Å². The second kappa shape index (κ2) is 5.06. The van der Waals surface area contributed by atoms with Crippen molar-refractivity contribution in [3.05, 3.63) is 71.5 Å². The van der Waals surface area contributed by atoms with Crippen LogP contribution in [0.3, 0.4) is 0 Å². The van der Waals surface area contributed by atoms with E-state index in [9.17, 15) is 8.78 Å². The first-order valence-electron chi connectivity index (χ1n) is 6.31. The summed E-state index contributed by atoms with van der Waals surface area (Å²) in [5.74, 6) is -1.08. The molecular weight excluding hydrogens is 260 g/mol. The first-order valence-corrected chi connectivity index (χ1v) is 6.31. The number of halogens is 2. The number of furan rings is 1. The van der Waals surface area contributed by atoms with E-state index >= 15 is 0 Å². The van der Waals surface area contributed by atoms with Crippen LogP contribution >= 0.6 is 0 Å². The van der Waals surface area contributed by atoms with Crippen LogP contribution in [0.15, 0.2) is 52.9 Å². The molecule has 0 bridgehead atoms. The highest BCUT2D eigenvalue weighted by molar-refractivity contribution is 5.77. The van der Waals surface area contributed by atoms with Crippen molar-refractivity contribution < 1.29 is 13.2 Å². The van der Waals surface area contributed by atoms with Gasteiger partial charge >= 0.3 is 0 Å². The zero-order valence-electron chi connectivity index (χ0n) is 10.6. The summed E-state index contributed by atoms with van der Waals surface area (Å²) in [4.78, 5) is 0. The van der Waals surface area contributed by atoms with Crippen molar-refractivity contribution in [1.82, 2.24) is 0 Å². The average Bonchev–Trinajstić information content (AvgIpc) is 2.87. The number of rotatable bonds is 3. The van der Waals surface area contributed by atoms with Gasteiger partial charge in [0.15, 0.2) is 11.6 Å². The summed E-state index contributed by atoms with van der Waals surface area (Å²) in [6.07, 6.45) is 0.386. The van der Waals surface area contributed by atoms with Crippen molar-refractivity contribution in [3.63, 3.8) is 0 Å². The van der Waals surface area contributed by atoms with E-state index in [2.05, 4.69) is 0 Å². The van der Waals surface area contributed by atoms with Crippen molar-refractivity contribution in [3.8, 4) is 0 Å². The highest BCUT2D eigenvalue weighted by atomic mass is 19.2. The zero-order chi connectivity index (χ0) is 14.1. The Balaban J connectivity index is 1.84. The summed E-state index contributed by atoms with van der Waals surface area (Å²) >= 11 is 0. The predicted octanol–water partition coefficient (Wildman–Crippen LogP) is 3.95. The van der Waals surface area contributed by atoms with Gasteiger partial charge in [-0.05, 0) is 36.2 Å². The lowest BCUT2D eigenvalue weighted by Gasteiger charge is -2.08. The van der Waals surface area contributed by atoms with E-state index in [0.717, 1.165) is 23.1 Å². The molecule has 3 aromatic rings. The number of para-hydroxylation sites is 1. The summed E-state index contributed by atoms with van der Waals surface area (Å²) in [5.41, 5.74) is 7.47. The van der Waals surface area contributed by atoms with Crippen LogP contribution in [0.2, 0.25) is 0 Å². The number of hydrogen-bond acceptors (Lipinski definition) is 2. The quantitative estimate of drug-likeness (QED) is 0.784. The van der Waals surface area contributed by atoms with Crippen LogP contribution in [-0.4, -0.2) is 0 Å². The van der Waals surface area contributed by atoms with E-state index in [-0.39, 0.29) is 0 Å². The predicted molar refractivity (Wildman–Crippen MR) is 73.2 cm³/mol. The maximum absolute atomic E-state index is 13.2. The molecule has 0 saturated heterocycles. The molecule has 0 fully saturated rings. The molecule has 0 radical (unpaired) electrons. The number of nitrogens with two attached hydrogens (primary N) is 1. The first kappa shape index (κ1) is 12.8. The average molecular weight is 273 g/mol. The van der Waals surface area contributed by atoms with Crippen LogP contribution in [0.25, 0.3) is 11.0 Å². The molecule has 0 saturated carbocycles. The third-order valence-electron chi connectivity index (χ3n) is 3.25. The minimum absolute atomic E-state index is 0.386. The number of fused-ring (bicyclic) bond motifs is 1. The minimum atomic E-state index is -0.862. The Bertz CT molecular complexity index is 718. The Kier molecular flexibility index (Phi) is 3.24. The number of benzene rings is 2. The lowest BCUT2D eigenvalue weighted by Crippen LogP contribution is -2.12. The minimum Gasteiger partial charge on any atom is -0.459 e. The van der Waals surface area contributed by atoms with Gasteiger partial charge in [0.25, 0.3) is 0 Å². The van der Waals surface area contributed by atoms with Gasteiger partial charge in [-0.2, -0.15) is 0 Å². The summed E-state index contributed by atoms with van der Waals surface area (Å²) in [6.45, 7) is 0. The van der Waals surface area contributed by atoms with E-state index < -0.39 is 17.7 Å². The van der Waals surface area contributed by atoms with Gasteiger partial charge < -0.3 is 10.2 Å². The molecule has 2 nitrogen and oxygen atoms in total. The molecule has 2 aromatic carbocycles. The monoisotopic (exact) mass is 273 g/mol. The van der Waals surface area contributed by atoms with Crippen LogP contribution in [-0.2, 0) is 6.42 Å². The van der Waals surface area contributed by atoms with Crippen LogP contribution in [0, 0.1) is 11.6 Å². The standard InChI is InChI=1S/C16H13F2NO/c17-12-6-5-10(7-13(12)18)8-14(19)16-9-11-3-1-2-4-15(11)20-16/h1-7,9,14H,8,19H2. The van der Waals surface area contributed by atoms with Crippen molar-refractivity contribution in [2.75, 3.05) is 0 Å². The van der Waals surface area contributed by atoms with E-state index in [0.29, 0.717) is 17.7 Å². The van der Waals surface area contributed by atoms with Crippen molar-refractivity contribution in [2.24, 2.45) is 5.73 Å². The molecule has 4 heteroatoms. The molecular formula is C16H13F2NO. The fraction of sp³-hybridized carbons (Fsp3) is 0.125. The fourth-order valence-corrected chi connectivity index (χ4v) is 2.21. The van der Waals surface area contributed by atoms with Crippen LogP contribution in [0.5, 0.6) is 0 Å².